The SMILES string of the molecule is Cc1cc(-c2nc(-n3c4ccccc4c4ccc5c(c43)-c3ccccc3C5(C)C)nc3ccccc23)ccc1-c1ccc2c(c1)c1ccccc1n2C1=CC=CCC1. The van der Waals surface area contributed by atoms with Gasteiger partial charge >= 0.3 is 0 Å². The maximum absolute atomic E-state index is 5.54. The lowest BCUT2D eigenvalue weighted by molar-refractivity contribution is 0.661. The Morgan fingerprint density at radius 3 is 2.07 bits per heavy atom. The molecule has 0 atom stereocenters. The van der Waals surface area contributed by atoms with Crippen LogP contribution in [-0.2, 0) is 5.41 Å². The van der Waals surface area contributed by atoms with E-state index in [4.69, 9.17) is 9.97 Å². The topological polar surface area (TPSA) is 35.6 Å². The summed E-state index contributed by atoms with van der Waals surface area (Å²) in [5.74, 6) is 0.683. The predicted octanol–water partition coefficient (Wildman–Crippen LogP) is 14.0. The molecule has 0 fully saturated rings. The van der Waals surface area contributed by atoms with Gasteiger partial charge in [-0.2, -0.15) is 0 Å². The number of allylic oxidation sites excluding steroid dienone is 4. The van der Waals surface area contributed by atoms with Crippen LogP contribution < -0.4 is 0 Å². The van der Waals surface area contributed by atoms with Crippen LogP contribution in [0.15, 0.2) is 164 Å². The zero-order valence-corrected chi connectivity index (χ0v) is 32.8. The molecule has 0 aliphatic heterocycles. The van der Waals surface area contributed by atoms with Gasteiger partial charge in [-0.25, -0.2) is 9.97 Å². The Morgan fingerprint density at radius 2 is 1.26 bits per heavy atom. The molecule has 10 aromatic rings. The summed E-state index contributed by atoms with van der Waals surface area (Å²) in [5, 5.41) is 6.02. The monoisotopic (exact) mass is 744 g/mol. The number of benzene rings is 7. The number of para-hydroxylation sites is 3. The molecular formula is C54H40N4. The van der Waals surface area contributed by atoms with E-state index in [2.05, 4.69) is 194 Å². The number of fused-ring (bicyclic) bond motifs is 11. The molecule has 58 heavy (non-hydrogen) atoms. The van der Waals surface area contributed by atoms with Crippen molar-refractivity contribution in [1.29, 1.82) is 0 Å². The summed E-state index contributed by atoms with van der Waals surface area (Å²) in [7, 11) is 0. The summed E-state index contributed by atoms with van der Waals surface area (Å²) in [6.45, 7) is 6.92. The normalized spacial score (nSPS) is 14.5. The van der Waals surface area contributed by atoms with Crippen LogP contribution in [0.3, 0.4) is 0 Å². The van der Waals surface area contributed by atoms with E-state index in [0.29, 0.717) is 5.95 Å². The van der Waals surface area contributed by atoms with Gasteiger partial charge in [-0.15, -0.1) is 0 Å². The number of aromatic nitrogens is 4. The van der Waals surface area contributed by atoms with Gasteiger partial charge < -0.3 is 4.57 Å². The number of nitrogens with zero attached hydrogens (tertiary/aromatic N) is 4. The quantitative estimate of drug-likeness (QED) is 0.180. The van der Waals surface area contributed by atoms with E-state index in [-0.39, 0.29) is 5.41 Å². The van der Waals surface area contributed by atoms with Crippen molar-refractivity contribution >= 4 is 60.2 Å². The van der Waals surface area contributed by atoms with Crippen LogP contribution in [0.2, 0.25) is 0 Å². The molecule has 0 radical (unpaired) electrons. The second-order valence-corrected chi connectivity index (χ2v) is 16.5. The first kappa shape index (κ1) is 33.1. The Labute approximate surface area is 337 Å². The maximum atomic E-state index is 5.54. The number of hydrogen-bond donors (Lipinski definition) is 0. The number of aryl methyl sites for hydroxylation is 1. The van der Waals surface area contributed by atoms with E-state index in [1.54, 1.807) is 0 Å². The zero-order chi connectivity index (χ0) is 38.7. The first-order valence-electron chi connectivity index (χ1n) is 20.4. The lowest BCUT2D eigenvalue weighted by Gasteiger charge is -2.21. The zero-order valence-electron chi connectivity index (χ0n) is 32.8. The molecule has 2 aliphatic rings. The van der Waals surface area contributed by atoms with Crippen molar-refractivity contribution < 1.29 is 0 Å². The van der Waals surface area contributed by atoms with E-state index < -0.39 is 0 Å². The Balaban J connectivity index is 1.04. The first-order valence-corrected chi connectivity index (χ1v) is 20.4. The van der Waals surface area contributed by atoms with Crippen LogP contribution in [0.4, 0.5) is 0 Å². The largest absolute Gasteiger partial charge is 0.313 e. The van der Waals surface area contributed by atoms with Crippen molar-refractivity contribution in [1.82, 2.24) is 19.1 Å². The summed E-state index contributed by atoms with van der Waals surface area (Å²) in [6.07, 6.45) is 8.82. The highest BCUT2D eigenvalue weighted by Crippen LogP contribution is 2.53. The Bertz CT molecular complexity index is 3440. The molecule has 4 nitrogen and oxygen atoms in total. The standard InChI is InChI=1S/C54H40N4/c1-33-31-35(25-27-37(33)34-26-30-49-43(32-34)39-18-10-13-23-47(39)57(49)36-15-5-4-6-16-36)51-42-20-8-12-22-46(42)55-53(56-51)58-48-24-14-9-17-38(48)40-28-29-45-50(52(40)58)41-19-7-11-21-44(41)54(45,2)3/h4-5,7-15,17-32H,6,16H2,1-3H3. The second-order valence-electron chi connectivity index (χ2n) is 16.5. The van der Waals surface area contributed by atoms with Crippen LogP contribution in [0.1, 0.15) is 43.4 Å². The lowest BCUT2D eigenvalue weighted by atomic mass is 9.82. The van der Waals surface area contributed by atoms with Gasteiger partial charge in [-0.1, -0.05) is 135 Å². The first-order chi connectivity index (χ1) is 28.5. The van der Waals surface area contributed by atoms with E-state index in [1.807, 2.05) is 0 Å². The second kappa shape index (κ2) is 12.2. The summed E-state index contributed by atoms with van der Waals surface area (Å²) >= 11 is 0. The number of rotatable bonds is 4. The summed E-state index contributed by atoms with van der Waals surface area (Å²) in [4.78, 5) is 10.9. The molecule has 0 saturated heterocycles. The highest BCUT2D eigenvalue weighted by atomic mass is 15.2. The molecule has 2 aliphatic carbocycles. The molecule has 0 amide bonds. The lowest BCUT2D eigenvalue weighted by Crippen LogP contribution is -2.14. The third kappa shape index (κ3) is 4.63. The van der Waals surface area contributed by atoms with Crippen LogP contribution >= 0.6 is 0 Å². The minimum Gasteiger partial charge on any atom is -0.313 e. The fourth-order valence-electron chi connectivity index (χ4n) is 10.2. The van der Waals surface area contributed by atoms with E-state index in [1.165, 1.54) is 77.2 Å². The Hall–Kier alpha value is -7.04. The molecule has 3 aromatic heterocycles. The van der Waals surface area contributed by atoms with E-state index >= 15 is 0 Å². The third-order valence-corrected chi connectivity index (χ3v) is 12.9. The van der Waals surface area contributed by atoms with Gasteiger partial charge in [0.1, 0.15) is 0 Å². The van der Waals surface area contributed by atoms with Gasteiger partial charge in [0.15, 0.2) is 0 Å². The molecule has 7 aromatic carbocycles. The fourth-order valence-corrected chi connectivity index (χ4v) is 10.2. The molecule has 4 heteroatoms. The Kier molecular flexibility index (Phi) is 6.99. The minimum absolute atomic E-state index is 0.123. The van der Waals surface area contributed by atoms with Gasteiger partial charge in [0.25, 0.3) is 0 Å². The third-order valence-electron chi connectivity index (χ3n) is 12.9. The molecule has 276 valence electrons. The molecule has 0 N–H and O–H groups in total. The van der Waals surface area contributed by atoms with Crippen LogP contribution in [0, 0.1) is 6.92 Å². The van der Waals surface area contributed by atoms with Crippen LogP contribution in [0.25, 0.3) is 99.7 Å². The summed E-state index contributed by atoms with van der Waals surface area (Å²) < 4.78 is 4.78. The van der Waals surface area contributed by atoms with Gasteiger partial charge in [0.05, 0.1) is 33.3 Å². The molecule has 0 bridgehead atoms. The molecule has 3 heterocycles. The van der Waals surface area contributed by atoms with Crippen LogP contribution in [0.5, 0.6) is 0 Å². The molecule has 12 rings (SSSR count). The molecular weight excluding hydrogens is 705 g/mol. The van der Waals surface area contributed by atoms with Gasteiger partial charge in [-0.3, -0.25) is 4.57 Å². The molecule has 0 spiro atoms. The highest BCUT2D eigenvalue weighted by molar-refractivity contribution is 6.16. The van der Waals surface area contributed by atoms with Crippen molar-refractivity contribution in [3.8, 4) is 39.5 Å². The highest BCUT2D eigenvalue weighted by Gasteiger charge is 2.37. The van der Waals surface area contributed by atoms with Gasteiger partial charge in [-0.05, 0) is 95.6 Å². The van der Waals surface area contributed by atoms with Crippen molar-refractivity contribution in [3.05, 3.63) is 181 Å². The predicted molar refractivity (Wildman–Crippen MR) is 243 cm³/mol. The van der Waals surface area contributed by atoms with E-state index in [0.717, 1.165) is 46.0 Å². The number of hydrogen-bond acceptors (Lipinski definition) is 2. The maximum Gasteiger partial charge on any atom is 0.235 e. The average molecular weight is 745 g/mol. The fraction of sp³-hybridized carbons (Fsp3) is 0.111. The van der Waals surface area contributed by atoms with Crippen molar-refractivity contribution in [2.45, 2.75) is 39.0 Å². The summed E-state index contributed by atoms with van der Waals surface area (Å²) in [5.41, 5.74) is 17.8. The summed E-state index contributed by atoms with van der Waals surface area (Å²) in [6, 6.07) is 53.3. The van der Waals surface area contributed by atoms with E-state index in [9.17, 15) is 0 Å². The Morgan fingerprint density at radius 1 is 0.552 bits per heavy atom. The molecule has 0 saturated carbocycles. The van der Waals surface area contributed by atoms with Crippen molar-refractivity contribution in [2.75, 3.05) is 0 Å². The minimum atomic E-state index is -0.123. The smallest absolute Gasteiger partial charge is 0.235 e. The molecule has 0 unspecified atom stereocenters. The average Bonchev–Trinajstić information content (AvgIpc) is 3.86. The van der Waals surface area contributed by atoms with Crippen LogP contribution in [-0.4, -0.2) is 19.1 Å². The van der Waals surface area contributed by atoms with Gasteiger partial charge in [0.2, 0.25) is 5.95 Å². The van der Waals surface area contributed by atoms with Gasteiger partial charge in [0, 0.05) is 49.2 Å². The van der Waals surface area contributed by atoms with Crippen molar-refractivity contribution in [3.63, 3.8) is 0 Å². The van der Waals surface area contributed by atoms with Crippen molar-refractivity contribution in [2.24, 2.45) is 0 Å².